The molecule has 0 heterocycles. The Morgan fingerprint density at radius 3 is 2.30 bits per heavy atom. The monoisotopic (exact) mass is 336 g/mol. The van der Waals surface area contributed by atoms with Crippen LogP contribution in [0, 0.1) is 12.7 Å². The fraction of sp³-hybridized carbons (Fsp3) is 0.188. The summed E-state index contributed by atoms with van der Waals surface area (Å²) in [6.45, 7) is 3.46. The van der Waals surface area contributed by atoms with E-state index in [1.54, 1.807) is 13.0 Å². The number of carbonyl (C=O) groups is 1. The molecule has 0 aliphatic carbocycles. The van der Waals surface area contributed by atoms with Crippen LogP contribution < -0.4 is 9.83 Å². The highest BCUT2D eigenvalue weighted by Crippen LogP contribution is 2.25. The molecule has 2 rings (SSSR count). The fourth-order valence-corrected chi connectivity index (χ4v) is 3.38. The molecule has 2 aromatic carbocycles. The number of hydrogen-bond acceptors (Lipinski definition) is 4. The van der Waals surface area contributed by atoms with Crippen molar-refractivity contribution in [3.8, 4) is 0 Å². The molecule has 0 spiro atoms. The molecule has 0 aliphatic rings. The van der Waals surface area contributed by atoms with Gasteiger partial charge in [0.15, 0.2) is 0 Å². The van der Waals surface area contributed by atoms with Crippen molar-refractivity contribution in [2.45, 2.75) is 25.2 Å². The summed E-state index contributed by atoms with van der Waals surface area (Å²) >= 11 is 0. The van der Waals surface area contributed by atoms with Crippen molar-refractivity contribution in [2.24, 2.45) is 0 Å². The van der Waals surface area contributed by atoms with Crippen LogP contribution in [0.3, 0.4) is 0 Å². The van der Waals surface area contributed by atoms with Crippen molar-refractivity contribution in [2.75, 3.05) is 4.72 Å². The highest BCUT2D eigenvalue weighted by molar-refractivity contribution is 7.92. The van der Waals surface area contributed by atoms with Crippen molar-refractivity contribution in [3.63, 3.8) is 0 Å². The number of carboxylic acid groups (broad SMARTS) is 1. The number of anilines is 1. The highest BCUT2D eigenvalue weighted by atomic mass is 32.2. The summed E-state index contributed by atoms with van der Waals surface area (Å²) in [5, 5.41) is 11.4. The van der Waals surface area contributed by atoms with Crippen molar-refractivity contribution in [1.29, 1.82) is 0 Å². The maximum absolute atomic E-state index is 12.9. The van der Waals surface area contributed by atoms with Gasteiger partial charge in [-0.1, -0.05) is 13.0 Å². The van der Waals surface area contributed by atoms with Crippen LogP contribution in [0.4, 0.5) is 10.1 Å². The lowest BCUT2D eigenvalue weighted by Gasteiger charge is -2.18. The van der Waals surface area contributed by atoms with Crippen LogP contribution in [0.15, 0.2) is 41.3 Å². The average molecular weight is 336 g/mol. The summed E-state index contributed by atoms with van der Waals surface area (Å²) in [6, 6.07) is 7.27. The van der Waals surface area contributed by atoms with Gasteiger partial charge in [0.1, 0.15) is 5.82 Å². The Kier molecular flexibility index (Phi) is 4.70. The first-order valence-corrected chi connectivity index (χ1v) is 8.36. The van der Waals surface area contributed by atoms with Gasteiger partial charge < -0.3 is 9.90 Å². The molecule has 2 aromatic rings. The predicted molar refractivity (Wildman–Crippen MR) is 82.1 cm³/mol. The zero-order valence-corrected chi connectivity index (χ0v) is 13.4. The molecular formula is C16H15FNO4S-. The maximum Gasteiger partial charge on any atom is 0.261 e. The van der Waals surface area contributed by atoms with E-state index in [1.165, 1.54) is 6.07 Å². The molecule has 0 atom stereocenters. The number of aryl methyl sites for hydroxylation is 1. The van der Waals surface area contributed by atoms with Crippen LogP contribution in [-0.4, -0.2) is 14.4 Å². The van der Waals surface area contributed by atoms with Crippen LogP contribution in [0.25, 0.3) is 0 Å². The number of carbonyl (C=O) groups excluding carboxylic acids is 1. The van der Waals surface area contributed by atoms with Crippen molar-refractivity contribution < 1.29 is 22.7 Å². The molecule has 0 saturated carbocycles. The minimum atomic E-state index is -4.03. The van der Waals surface area contributed by atoms with Gasteiger partial charge in [-0.25, -0.2) is 12.8 Å². The molecule has 7 heteroatoms. The zero-order chi connectivity index (χ0) is 17.2. The molecule has 23 heavy (non-hydrogen) atoms. The van der Waals surface area contributed by atoms with E-state index in [2.05, 4.69) is 4.72 Å². The van der Waals surface area contributed by atoms with Crippen LogP contribution in [0.2, 0.25) is 0 Å². The number of hydrogen-bond donors (Lipinski definition) is 1. The van der Waals surface area contributed by atoms with Gasteiger partial charge >= 0.3 is 0 Å². The van der Waals surface area contributed by atoms with E-state index in [0.717, 1.165) is 29.8 Å². The SMILES string of the molecule is CCc1ccc(NS(=O)(=O)c2ccc(F)cc2)c(C(=O)[O-])c1C. The molecule has 122 valence electrons. The molecule has 0 saturated heterocycles. The van der Waals surface area contributed by atoms with Crippen LogP contribution in [0.5, 0.6) is 0 Å². The lowest BCUT2D eigenvalue weighted by Crippen LogP contribution is -2.26. The van der Waals surface area contributed by atoms with Crippen molar-refractivity contribution in [3.05, 3.63) is 58.9 Å². The second kappa shape index (κ2) is 6.37. The number of carboxylic acids is 1. The minimum absolute atomic E-state index is 0.0796. The van der Waals surface area contributed by atoms with Gasteiger partial charge in [-0.05, 0) is 54.8 Å². The summed E-state index contributed by atoms with van der Waals surface area (Å²) in [5.41, 5.74) is 0.958. The van der Waals surface area contributed by atoms with E-state index in [-0.39, 0.29) is 16.1 Å². The van der Waals surface area contributed by atoms with Crippen molar-refractivity contribution >= 4 is 21.7 Å². The number of benzene rings is 2. The maximum atomic E-state index is 12.9. The number of halogens is 1. The molecule has 0 fully saturated rings. The smallest absolute Gasteiger partial charge is 0.261 e. The summed E-state index contributed by atoms with van der Waals surface area (Å²) < 4.78 is 39.7. The second-order valence-corrected chi connectivity index (χ2v) is 6.66. The average Bonchev–Trinajstić information content (AvgIpc) is 2.47. The summed E-state index contributed by atoms with van der Waals surface area (Å²) in [4.78, 5) is 11.2. The van der Waals surface area contributed by atoms with Gasteiger partial charge in [-0.3, -0.25) is 4.72 Å². The summed E-state index contributed by atoms with van der Waals surface area (Å²) in [6.07, 6.45) is 0.608. The quantitative estimate of drug-likeness (QED) is 0.903. The molecule has 0 bridgehead atoms. The Morgan fingerprint density at radius 2 is 1.78 bits per heavy atom. The molecule has 0 radical (unpaired) electrons. The molecule has 0 aliphatic heterocycles. The molecule has 1 N–H and O–H groups in total. The van der Waals surface area contributed by atoms with Crippen molar-refractivity contribution in [1.82, 2.24) is 0 Å². The standard InChI is InChI=1S/C16H16FNO4S/c1-3-11-4-9-14(15(10(11)2)16(19)20)18-23(21,22)13-7-5-12(17)6-8-13/h4-9,18H,3H2,1-2H3,(H,19,20)/p-1. The Bertz CT molecular complexity index is 845. The Labute approximate surface area is 133 Å². The van der Waals surface area contributed by atoms with E-state index in [1.807, 2.05) is 6.92 Å². The Morgan fingerprint density at radius 1 is 1.17 bits per heavy atom. The van der Waals surface area contributed by atoms with Crippen LogP contribution in [-0.2, 0) is 16.4 Å². The van der Waals surface area contributed by atoms with E-state index >= 15 is 0 Å². The molecule has 0 unspecified atom stereocenters. The second-order valence-electron chi connectivity index (χ2n) is 4.97. The minimum Gasteiger partial charge on any atom is -0.545 e. The number of nitrogens with one attached hydrogen (secondary N) is 1. The third-order valence-corrected chi connectivity index (χ3v) is 4.91. The Balaban J connectivity index is 2.49. The normalized spacial score (nSPS) is 11.3. The third-order valence-electron chi connectivity index (χ3n) is 3.53. The van der Waals surface area contributed by atoms with Gasteiger partial charge in [0.05, 0.1) is 16.6 Å². The first kappa shape index (κ1) is 17.0. The summed E-state index contributed by atoms with van der Waals surface area (Å²) in [7, 11) is -4.03. The van der Waals surface area contributed by atoms with Gasteiger partial charge in [-0.15, -0.1) is 0 Å². The topological polar surface area (TPSA) is 86.3 Å². The number of rotatable bonds is 5. The first-order chi connectivity index (χ1) is 10.8. The molecule has 0 aromatic heterocycles. The van der Waals surface area contributed by atoms with Gasteiger partial charge in [0.25, 0.3) is 10.0 Å². The van der Waals surface area contributed by atoms with E-state index in [0.29, 0.717) is 12.0 Å². The van der Waals surface area contributed by atoms with Gasteiger partial charge in [0.2, 0.25) is 0 Å². The molecule has 0 amide bonds. The largest absolute Gasteiger partial charge is 0.545 e. The van der Waals surface area contributed by atoms with Crippen LogP contribution in [0.1, 0.15) is 28.4 Å². The lowest BCUT2D eigenvalue weighted by atomic mass is 9.99. The van der Waals surface area contributed by atoms with Crippen LogP contribution >= 0.6 is 0 Å². The van der Waals surface area contributed by atoms with E-state index < -0.39 is 21.8 Å². The highest BCUT2D eigenvalue weighted by Gasteiger charge is 2.18. The first-order valence-electron chi connectivity index (χ1n) is 6.88. The van der Waals surface area contributed by atoms with Gasteiger partial charge in [-0.2, -0.15) is 0 Å². The number of aromatic carboxylic acids is 1. The molecular weight excluding hydrogens is 321 g/mol. The summed E-state index contributed by atoms with van der Waals surface area (Å²) in [5.74, 6) is -2.03. The number of sulfonamides is 1. The van der Waals surface area contributed by atoms with E-state index in [9.17, 15) is 22.7 Å². The van der Waals surface area contributed by atoms with E-state index in [4.69, 9.17) is 0 Å². The fourth-order valence-electron chi connectivity index (χ4n) is 2.30. The lowest BCUT2D eigenvalue weighted by molar-refractivity contribution is -0.255. The molecule has 5 nitrogen and oxygen atoms in total. The third kappa shape index (κ3) is 3.50. The predicted octanol–water partition coefficient (Wildman–Crippen LogP) is 1.86. The zero-order valence-electron chi connectivity index (χ0n) is 12.6. The Hall–Kier alpha value is -2.41. The van der Waals surface area contributed by atoms with Gasteiger partial charge in [0, 0.05) is 5.56 Å².